The van der Waals surface area contributed by atoms with Gasteiger partial charge in [0.25, 0.3) is 0 Å². The standard InChI is InChI=1S/C22H23ClN4O3S/c1-15-25-26-22(27(15)13-16-8-4-3-5-9-16)31-14-20(28)24-19(12-21(29)30-2)17-10-6-7-11-18(17)23/h3-11,19H,12-14H2,1-2H3,(H,24,28). The Hall–Kier alpha value is -2.84. The molecule has 0 aliphatic heterocycles. The number of nitrogens with zero attached hydrogens (tertiary/aromatic N) is 3. The molecule has 0 spiro atoms. The van der Waals surface area contributed by atoms with Gasteiger partial charge in [-0.3, -0.25) is 9.59 Å². The van der Waals surface area contributed by atoms with Crippen molar-refractivity contribution in [2.45, 2.75) is 31.1 Å². The highest BCUT2D eigenvalue weighted by molar-refractivity contribution is 7.99. The minimum atomic E-state index is -0.585. The lowest BCUT2D eigenvalue weighted by atomic mass is 10.0. The molecule has 3 aromatic rings. The van der Waals surface area contributed by atoms with Crippen LogP contribution in [0.5, 0.6) is 0 Å². The van der Waals surface area contributed by atoms with E-state index >= 15 is 0 Å². The van der Waals surface area contributed by atoms with Gasteiger partial charge in [-0.25, -0.2) is 0 Å². The Morgan fingerprint density at radius 2 is 1.84 bits per heavy atom. The van der Waals surface area contributed by atoms with E-state index in [2.05, 4.69) is 15.5 Å². The van der Waals surface area contributed by atoms with E-state index in [1.807, 2.05) is 41.8 Å². The first-order valence-electron chi connectivity index (χ1n) is 9.65. The lowest BCUT2D eigenvalue weighted by Crippen LogP contribution is -2.32. The highest BCUT2D eigenvalue weighted by Gasteiger charge is 2.21. The van der Waals surface area contributed by atoms with E-state index in [-0.39, 0.29) is 18.1 Å². The number of nitrogens with one attached hydrogen (secondary N) is 1. The Bertz CT molecular complexity index is 1040. The number of methoxy groups -OCH3 is 1. The Labute approximate surface area is 190 Å². The number of hydrogen-bond acceptors (Lipinski definition) is 6. The number of hydrogen-bond donors (Lipinski definition) is 1. The van der Waals surface area contributed by atoms with Gasteiger partial charge in [-0.05, 0) is 24.1 Å². The molecule has 0 fully saturated rings. The highest BCUT2D eigenvalue weighted by atomic mass is 35.5. The molecular weight excluding hydrogens is 436 g/mol. The SMILES string of the molecule is COC(=O)CC(NC(=O)CSc1nnc(C)n1Cc1ccccc1)c1ccccc1Cl. The third-order valence-electron chi connectivity index (χ3n) is 4.63. The molecule has 1 atom stereocenters. The summed E-state index contributed by atoms with van der Waals surface area (Å²) in [5.41, 5.74) is 1.78. The normalized spacial score (nSPS) is 11.7. The third-order valence-corrected chi connectivity index (χ3v) is 5.94. The van der Waals surface area contributed by atoms with Crippen molar-refractivity contribution >= 4 is 35.2 Å². The van der Waals surface area contributed by atoms with Crippen molar-refractivity contribution in [3.8, 4) is 0 Å². The van der Waals surface area contributed by atoms with Gasteiger partial charge in [0.1, 0.15) is 5.82 Å². The van der Waals surface area contributed by atoms with Crippen molar-refractivity contribution in [2.24, 2.45) is 0 Å². The summed E-state index contributed by atoms with van der Waals surface area (Å²) in [5, 5.41) is 12.4. The zero-order valence-electron chi connectivity index (χ0n) is 17.2. The molecule has 0 aliphatic carbocycles. The van der Waals surface area contributed by atoms with Crippen LogP contribution < -0.4 is 5.32 Å². The van der Waals surface area contributed by atoms with Crippen molar-refractivity contribution in [1.82, 2.24) is 20.1 Å². The average molecular weight is 459 g/mol. The van der Waals surface area contributed by atoms with Crippen molar-refractivity contribution in [1.29, 1.82) is 0 Å². The molecule has 2 aromatic carbocycles. The average Bonchev–Trinajstić information content (AvgIpc) is 3.12. The van der Waals surface area contributed by atoms with Crippen molar-refractivity contribution in [3.63, 3.8) is 0 Å². The highest BCUT2D eigenvalue weighted by Crippen LogP contribution is 2.26. The quantitative estimate of drug-likeness (QED) is 0.387. The molecule has 0 radical (unpaired) electrons. The van der Waals surface area contributed by atoms with Crippen LogP contribution in [-0.2, 0) is 20.9 Å². The number of aryl methyl sites for hydroxylation is 1. The molecule has 3 rings (SSSR count). The molecule has 1 aromatic heterocycles. The lowest BCUT2D eigenvalue weighted by Gasteiger charge is -2.19. The number of aromatic nitrogens is 3. The number of ether oxygens (including phenoxy) is 1. The van der Waals surface area contributed by atoms with Crippen LogP contribution >= 0.6 is 23.4 Å². The first kappa shape index (κ1) is 22.8. The molecule has 0 bridgehead atoms. The predicted molar refractivity (Wildman–Crippen MR) is 120 cm³/mol. The molecule has 9 heteroatoms. The number of rotatable bonds is 9. The first-order chi connectivity index (χ1) is 15.0. The lowest BCUT2D eigenvalue weighted by molar-refractivity contribution is -0.141. The Morgan fingerprint density at radius 3 is 2.55 bits per heavy atom. The van der Waals surface area contributed by atoms with Crippen LogP contribution in [0.3, 0.4) is 0 Å². The summed E-state index contributed by atoms with van der Waals surface area (Å²) < 4.78 is 6.73. The van der Waals surface area contributed by atoms with Crippen molar-refractivity contribution in [2.75, 3.05) is 12.9 Å². The fourth-order valence-corrected chi connectivity index (χ4v) is 4.09. The molecule has 162 valence electrons. The Morgan fingerprint density at radius 1 is 1.13 bits per heavy atom. The van der Waals surface area contributed by atoms with E-state index in [1.165, 1.54) is 18.9 Å². The molecule has 1 heterocycles. The molecular formula is C22H23ClN4O3S. The summed E-state index contributed by atoms with van der Waals surface area (Å²) in [6.07, 6.45) is -0.0140. The molecule has 1 amide bonds. The Kier molecular flexibility index (Phi) is 8.08. The molecule has 7 nitrogen and oxygen atoms in total. The second kappa shape index (κ2) is 11.0. The van der Waals surface area contributed by atoms with Gasteiger partial charge >= 0.3 is 5.97 Å². The molecule has 0 saturated heterocycles. The largest absolute Gasteiger partial charge is 0.469 e. The van der Waals surface area contributed by atoms with Gasteiger partial charge < -0.3 is 14.6 Å². The van der Waals surface area contributed by atoms with Crippen LogP contribution in [0.15, 0.2) is 59.8 Å². The first-order valence-corrected chi connectivity index (χ1v) is 11.0. The second-order valence-corrected chi connectivity index (χ2v) is 8.16. The topological polar surface area (TPSA) is 86.1 Å². The van der Waals surface area contributed by atoms with E-state index in [0.29, 0.717) is 22.3 Å². The van der Waals surface area contributed by atoms with Crippen molar-refractivity contribution < 1.29 is 14.3 Å². The maximum absolute atomic E-state index is 12.7. The van der Waals surface area contributed by atoms with Crippen molar-refractivity contribution in [3.05, 3.63) is 76.6 Å². The van der Waals surface area contributed by atoms with Crippen LogP contribution in [0.4, 0.5) is 0 Å². The smallest absolute Gasteiger partial charge is 0.307 e. The van der Waals surface area contributed by atoms with Gasteiger partial charge in [0, 0.05) is 5.02 Å². The predicted octanol–water partition coefficient (Wildman–Crippen LogP) is 3.80. The fourth-order valence-electron chi connectivity index (χ4n) is 3.03. The van der Waals surface area contributed by atoms with Gasteiger partial charge in [0.2, 0.25) is 5.91 Å². The van der Waals surface area contributed by atoms with Crippen LogP contribution in [0.2, 0.25) is 5.02 Å². The van der Waals surface area contributed by atoms with Gasteiger partial charge in [-0.2, -0.15) is 0 Å². The summed E-state index contributed by atoms with van der Waals surface area (Å²) in [5.74, 6) is 0.211. The zero-order valence-corrected chi connectivity index (χ0v) is 18.8. The summed E-state index contributed by atoms with van der Waals surface area (Å²) in [6.45, 7) is 2.50. The number of carbonyl (C=O) groups excluding carboxylic acids is 2. The molecule has 1 unspecified atom stereocenters. The van der Waals surface area contributed by atoms with Crippen LogP contribution in [-0.4, -0.2) is 39.5 Å². The van der Waals surface area contributed by atoms with E-state index in [4.69, 9.17) is 16.3 Å². The van der Waals surface area contributed by atoms with Crippen LogP contribution in [0.25, 0.3) is 0 Å². The molecule has 0 saturated carbocycles. The van der Waals surface area contributed by atoms with Crippen LogP contribution in [0.1, 0.15) is 29.4 Å². The minimum absolute atomic E-state index is 0.0140. The second-order valence-electron chi connectivity index (χ2n) is 6.81. The van der Waals surface area contributed by atoms with Crippen LogP contribution in [0, 0.1) is 6.92 Å². The summed E-state index contributed by atoms with van der Waals surface area (Å²) in [6, 6.07) is 16.5. The number of esters is 1. The number of thioether (sulfide) groups is 1. The fraction of sp³-hybridized carbons (Fsp3) is 0.273. The minimum Gasteiger partial charge on any atom is -0.469 e. The number of halogens is 1. The summed E-state index contributed by atoms with van der Waals surface area (Å²) in [4.78, 5) is 24.5. The van der Waals surface area contributed by atoms with E-state index in [0.717, 1.165) is 11.4 Å². The molecule has 31 heavy (non-hydrogen) atoms. The number of carbonyl (C=O) groups is 2. The summed E-state index contributed by atoms with van der Waals surface area (Å²) in [7, 11) is 1.31. The number of amides is 1. The maximum atomic E-state index is 12.7. The molecule has 1 N–H and O–H groups in total. The summed E-state index contributed by atoms with van der Waals surface area (Å²) >= 11 is 7.56. The van der Waals surface area contributed by atoms with Gasteiger partial charge in [-0.1, -0.05) is 71.9 Å². The third kappa shape index (κ3) is 6.32. The van der Waals surface area contributed by atoms with E-state index in [1.54, 1.807) is 24.3 Å². The van der Waals surface area contributed by atoms with Gasteiger partial charge in [0.05, 0.1) is 31.9 Å². The van der Waals surface area contributed by atoms with Gasteiger partial charge in [0.15, 0.2) is 5.16 Å². The van der Waals surface area contributed by atoms with E-state index in [9.17, 15) is 9.59 Å². The maximum Gasteiger partial charge on any atom is 0.307 e. The zero-order chi connectivity index (χ0) is 22.2. The Balaban J connectivity index is 1.67. The molecule has 0 aliphatic rings. The van der Waals surface area contributed by atoms with E-state index < -0.39 is 12.0 Å². The van der Waals surface area contributed by atoms with Gasteiger partial charge in [-0.15, -0.1) is 10.2 Å². The monoisotopic (exact) mass is 458 g/mol. The number of benzene rings is 2.